The maximum absolute atomic E-state index is 13.2. The van der Waals surface area contributed by atoms with Gasteiger partial charge in [-0.3, -0.25) is 0 Å². The van der Waals surface area contributed by atoms with E-state index in [0.717, 1.165) is 18.6 Å². The maximum atomic E-state index is 13.2. The molecule has 2 nitrogen and oxygen atoms in total. The molecule has 0 heterocycles. The number of halogens is 4. The molecule has 21 heavy (non-hydrogen) atoms. The van der Waals surface area contributed by atoms with Gasteiger partial charge < -0.3 is 10.8 Å². The number of rotatable bonds is 3. The van der Waals surface area contributed by atoms with Crippen molar-refractivity contribution in [2.75, 3.05) is 6.54 Å². The molecule has 0 saturated heterocycles. The van der Waals surface area contributed by atoms with Gasteiger partial charge in [0.25, 0.3) is 0 Å². The summed E-state index contributed by atoms with van der Waals surface area (Å²) in [7, 11) is 0. The Kier molecular flexibility index (Phi) is 4.31. The van der Waals surface area contributed by atoms with Crippen molar-refractivity contribution in [3.05, 3.63) is 35.1 Å². The Morgan fingerprint density at radius 1 is 1.43 bits per heavy atom. The lowest BCUT2D eigenvalue weighted by atomic mass is 9.75. The lowest BCUT2D eigenvalue weighted by molar-refractivity contribution is -0.140. The summed E-state index contributed by atoms with van der Waals surface area (Å²) in [5, 5.41) is 10.5. The maximum Gasteiger partial charge on any atom is 0.416 e. The minimum absolute atomic E-state index is 0.104. The van der Waals surface area contributed by atoms with Gasteiger partial charge in [-0.05, 0) is 36.5 Å². The van der Waals surface area contributed by atoms with Gasteiger partial charge in [-0.1, -0.05) is 19.4 Å². The second-order valence-corrected chi connectivity index (χ2v) is 6.05. The molecule has 2 rings (SSSR count). The molecule has 0 amide bonds. The van der Waals surface area contributed by atoms with Crippen LogP contribution < -0.4 is 5.73 Å². The van der Waals surface area contributed by atoms with Crippen LogP contribution in [0.5, 0.6) is 0 Å². The molecule has 0 spiro atoms. The van der Waals surface area contributed by atoms with Gasteiger partial charge >= 0.3 is 6.18 Å². The Labute approximate surface area is 121 Å². The molecule has 1 aliphatic rings. The Morgan fingerprint density at radius 2 is 2.10 bits per heavy atom. The molecule has 1 saturated carbocycles. The normalized spacial score (nSPS) is 27.9. The molecule has 1 aliphatic carbocycles. The highest BCUT2D eigenvalue weighted by molar-refractivity contribution is 5.33. The second-order valence-electron chi connectivity index (χ2n) is 6.05. The van der Waals surface area contributed by atoms with Crippen molar-refractivity contribution in [3.63, 3.8) is 0 Å². The molecule has 0 aliphatic heterocycles. The van der Waals surface area contributed by atoms with Gasteiger partial charge in [0.1, 0.15) is 5.82 Å². The van der Waals surface area contributed by atoms with Crippen LogP contribution in [0.15, 0.2) is 18.2 Å². The summed E-state index contributed by atoms with van der Waals surface area (Å²) >= 11 is 0. The van der Waals surface area contributed by atoms with E-state index in [4.69, 9.17) is 5.73 Å². The summed E-state index contributed by atoms with van der Waals surface area (Å²) in [6, 6.07) is 2.39. The van der Waals surface area contributed by atoms with Gasteiger partial charge in [-0.25, -0.2) is 4.39 Å². The van der Waals surface area contributed by atoms with E-state index in [1.54, 1.807) is 0 Å². The van der Waals surface area contributed by atoms with E-state index in [1.165, 1.54) is 0 Å². The first-order valence-electron chi connectivity index (χ1n) is 6.94. The first kappa shape index (κ1) is 16.2. The predicted molar refractivity (Wildman–Crippen MR) is 70.9 cm³/mol. The van der Waals surface area contributed by atoms with E-state index in [2.05, 4.69) is 0 Å². The smallest absolute Gasteiger partial charge is 0.388 e. The fourth-order valence-electron chi connectivity index (χ4n) is 3.32. The molecule has 0 aromatic heterocycles. The number of hydrogen-bond acceptors (Lipinski definition) is 2. The van der Waals surface area contributed by atoms with E-state index in [-0.39, 0.29) is 12.1 Å². The van der Waals surface area contributed by atoms with Crippen molar-refractivity contribution >= 4 is 0 Å². The molecular weight excluding hydrogens is 286 g/mol. The third kappa shape index (κ3) is 3.06. The van der Waals surface area contributed by atoms with Gasteiger partial charge in [-0.15, -0.1) is 0 Å². The van der Waals surface area contributed by atoms with Crippen LogP contribution in [0.25, 0.3) is 0 Å². The van der Waals surface area contributed by atoms with E-state index in [1.807, 2.05) is 6.92 Å². The molecule has 118 valence electrons. The lowest BCUT2D eigenvalue weighted by Gasteiger charge is -2.34. The molecule has 3 atom stereocenters. The van der Waals surface area contributed by atoms with Crippen molar-refractivity contribution < 1.29 is 22.7 Å². The van der Waals surface area contributed by atoms with Gasteiger partial charge in [0.05, 0.1) is 11.7 Å². The number of aliphatic hydroxyl groups excluding tert-OH is 1. The number of nitrogens with two attached hydrogens (primary N) is 1. The Bertz CT molecular complexity index is 517. The third-order valence-electron chi connectivity index (χ3n) is 4.49. The van der Waals surface area contributed by atoms with Crippen LogP contribution in [-0.2, 0) is 6.18 Å². The summed E-state index contributed by atoms with van der Waals surface area (Å²) < 4.78 is 52.4. The van der Waals surface area contributed by atoms with E-state index >= 15 is 0 Å². The van der Waals surface area contributed by atoms with Crippen molar-refractivity contribution in [2.45, 2.75) is 38.5 Å². The van der Waals surface area contributed by atoms with Crippen LogP contribution in [0.1, 0.15) is 43.4 Å². The van der Waals surface area contributed by atoms with Crippen LogP contribution in [0.4, 0.5) is 17.6 Å². The monoisotopic (exact) mass is 305 g/mol. The van der Waals surface area contributed by atoms with E-state index in [9.17, 15) is 22.7 Å². The average molecular weight is 305 g/mol. The Morgan fingerprint density at radius 3 is 2.57 bits per heavy atom. The molecule has 6 heteroatoms. The van der Waals surface area contributed by atoms with E-state index < -0.39 is 29.1 Å². The summed E-state index contributed by atoms with van der Waals surface area (Å²) in [5.41, 5.74) is 3.57. The highest BCUT2D eigenvalue weighted by atomic mass is 19.4. The molecule has 1 fully saturated rings. The number of benzene rings is 1. The van der Waals surface area contributed by atoms with Gasteiger partial charge in [0.2, 0.25) is 0 Å². The summed E-state index contributed by atoms with van der Waals surface area (Å²) in [6.07, 6.45) is -4.10. The fraction of sp³-hybridized carbons (Fsp3) is 0.600. The Hall–Kier alpha value is -1.14. The quantitative estimate of drug-likeness (QED) is 0.837. The minimum atomic E-state index is -4.71. The second kappa shape index (κ2) is 5.57. The van der Waals surface area contributed by atoms with Crippen LogP contribution in [0.3, 0.4) is 0 Å². The zero-order valence-electron chi connectivity index (χ0n) is 11.8. The third-order valence-corrected chi connectivity index (χ3v) is 4.49. The van der Waals surface area contributed by atoms with Crippen molar-refractivity contribution in [2.24, 2.45) is 17.1 Å². The number of aliphatic hydroxyl groups is 1. The molecule has 1 aromatic carbocycles. The molecule has 3 N–H and O–H groups in total. The van der Waals surface area contributed by atoms with Gasteiger partial charge in [0.15, 0.2) is 0 Å². The van der Waals surface area contributed by atoms with Crippen LogP contribution in [-0.4, -0.2) is 11.7 Å². The van der Waals surface area contributed by atoms with Gasteiger partial charge in [-0.2, -0.15) is 13.2 Å². The first-order valence-corrected chi connectivity index (χ1v) is 6.94. The van der Waals surface area contributed by atoms with Crippen molar-refractivity contribution in [1.29, 1.82) is 0 Å². The number of hydrogen-bond donors (Lipinski definition) is 2. The molecule has 0 bridgehead atoms. The van der Waals surface area contributed by atoms with Crippen LogP contribution in [0, 0.1) is 17.2 Å². The highest BCUT2D eigenvalue weighted by Crippen LogP contribution is 2.51. The first-order chi connectivity index (χ1) is 9.69. The summed E-state index contributed by atoms with van der Waals surface area (Å²) in [6.45, 7) is 2.09. The van der Waals surface area contributed by atoms with Crippen molar-refractivity contribution in [3.8, 4) is 0 Å². The SMILES string of the molecule is CC1CCC(CN)(C(O)c2ccc(F)cc2C(F)(F)F)C1. The fourth-order valence-corrected chi connectivity index (χ4v) is 3.32. The molecule has 1 aromatic rings. The minimum Gasteiger partial charge on any atom is -0.388 e. The van der Waals surface area contributed by atoms with E-state index in [0.29, 0.717) is 24.8 Å². The zero-order valence-corrected chi connectivity index (χ0v) is 11.8. The van der Waals surface area contributed by atoms with Crippen molar-refractivity contribution in [1.82, 2.24) is 0 Å². The lowest BCUT2D eigenvalue weighted by Crippen LogP contribution is -2.35. The Balaban J connectivity index is 2.46. The topological polar surface area (TPSA) is 46.2 Å². The summed E-state index contributed by atoms with van der Waals surface area (Å²) in [4.78, 5) is 0. The number of alkyl halides is 3. The summed E-state index contributed by atoms with van der Waals surface area (Å²) in [5.74, 6) is -0.669. The van der Waals surface area contributed by atoms with Crippen LogP contribution in [0.2, 0.25) is 0 Å². The van der Waals surface area contributed by atoms with Gasteiger partial charge in [0, 0.05) is 12.0 Å². The highest BCUT2D eigenvalue weighted by Gasteiger charge is 2.46. The van der Waals surface area contributed by atoms with Crippen LogP contribution >= 0.6 is 0 Å². The average Bonchev–Trinajstić information content (AvgIpc) is 2.80. The largest absolute Gasteiger partial charge is 0.416 e. The molecule has 0 radical (unpaired) electrons. The molecular formula is C15H19F4NO. The predicted octanol–water partition coefficient (Wildman–Crippen LogP) is 3.64. The molecule has 3 unspecified atom stereocenters. The standard InChI is InChI=1S/C15H19F4NO/c1-9-4-5-14(7-9,8-20)13(21)11-3-2-10(16)6-12(11)15(17,18)19/h2-3,6,9,13,21H,4-5,7-8,20H2,1H3. The zero-order chi connectivity index (χ0) is 15.8.